The van der Waals surface area contributed by atoms with Crippen LogP contribution in [0.1, 0.15) is 16.7 Å². The first kappa shape index (κ1) is 26.7. The maximum Gasteiger partial charge on any atom is 0.264 e. The van der Waals surface area contributed by atoms with Gasteiger partial charge in [-0.3, -0.25) is 13.9 Å². The molecule has 0 fully saturated rings. The number of ether oxygens (including phenoxy) is 1. The molecule has 3 aromatic carbocycles. The highest BCUT2D eigenvalue weighted by Gasteiger charge is 2.27. The number of sulfonamides is 1. The molecule has 0 unspecified atom stereocenters. The summed E-state index contributed by atoms with van der Waals surface area (Å²) in [5.41, 5.74) is 9.94. The normalized spacial score (nSPS) is 11.3. The van der Waals surface area contributed by atoms with Crippen molar-refractivity contribution in [3.05, 3.63) is 88.4 Å². The lowest BCUT2D eigenvalue weighted by Gasteiger charge is -2.24. The number of anilines is 1. The van der Waals surface area contributed by atoms with E-state index in [4.69, 9.17) is 22.1 Å². The molecular formula is C25H25ClN4O5S. The van der Waals surface area contributed by atoms with Gasteiger partial charge in [-0.1, -0.05) is 35.4 Å². The van der Waals surface area contributed by atoms with E-state index in [0.29, 0.717) is 16.3 Å². The van der Waals surface area contributed by atoms with Crippen molar-refractivity contribution in [3.63, 3.8) is 0 Å². The molecule has 9 nitrogen and oxygen atoms in total. The number of aryl methyl sites for hydroxylation is 2. The topological polar surface area (TPSA) is 131 Å². The molecule has 0 aliphatic carbocycles. The van der Waals surface area contributed by atoms with Gasteiger partial charge in [0.25, 0.3) is 21.8 Å². The number of nitrogens with one attached hydrogen (secondary N) is 1. The first-order chi connectivity index (χ1) is 17.1. The van der Waals surface area contributed by atoms with Gasteiger partial charge in [0.15, 0.2) is 6.61 Å². The summed E-state index contributed by atoms with van der Waals surface area (Å²) in [5.74, 6) is -0.793. The van der Waals surface area contributed by atoms with Gasteiger partial charge in [0.2, 0.25) is 0 Å². The minimum absolute atomic E-state index is 0.0414. The fourth-order valence-corrected chi connectivity index (χ4v) is 4.63. The van der Waals surface area contributed by atoms with E-state index < -0.39 is 28.4 Å². The third-order valence-electron chi connectivity index (χ3n) is 5.00. The SMILES string of the molecule is Cc1ccc(S(=O)(=O)N(CC(=O)N/N=C\c2ccc(OCC(N)=O)cc2)c2ccc(C)c(Cl)c2)cc1. The molecule has 188 valence electrons. The van der Waals surface area contributed by atoms with Crippen LogP contribution in [0.25, 0.3) is 0 Å². The summed E-state index contributed by atoms with van der Waals surface area (Å²) in [6.07, 6.45) is 1.39. The Morgan fingerprint density at radius 1 is 1.06 bits per heavy atom. The third kappa shape index (κ3) is 7.06. The van der Waals surface area contributed by atoms with E-state index in [-0.39, 0.29) is 17.2 Å². The third-order valence-corrected chi connectivity index (χ3v) is 7.20. The maximum atomic E-state index is 13.4. The van der Waals surface area contributed by atoms with Crippen LogP contribution in [0.15, 0.2) is 76.7 Å². The Morgan fingerprint density at radius 2 is 1.72 bits per heavy atom. The lowest BCUT2D eigenvalue weighted by molar-refractivity contribution is -0.120. The Morgan fingerprint density at radius 3 is 2.33 bits per heavy atom. The van der Waals surface area contributed by atoms with Crippen molar-refractivity contribution < 1.29 is 22.7 Å². The molecule has 36 heavy (non-hydrogen) atoms. The molecule has 0 aromatic heterocycles. The van der Waals surface area contributed by atoms with Crippen molar-refractivity contribution >= 4 is 45.3 Å². The first-order valence-electron chi connectivity index (χ1n) is 10.7. The smallest absolute Gasteiger partial charge is 0.264 e. The van der Waals surface area contributed by atoms with Gasteiger partial charge in [-0.25, -0.2) is 13.8 Å². The minimum Gasteiger partial charge on any atom is -0.484 e. The number of primary amides is 1. The lowest BCUT2D eigenvalue weighted by Crippen LogP contribution is -2.39. The molecule has 0 radical (unpaired) electrons. The number of carbonyl (C=O) groups excluding carboxylic acids is 2. The van der Waals surface area contributed by atoms with Gasteiger partial charge in [-0.15, -0.1) is 0 Å². The van der Waals surface area contributed by atoms with Crippen molar-refractivity contribution in [1.29, 1.82) is 0 Å². The molecule has 3 rings (SSSR count). The van der Waals surface area contributed by atoms with Crippen LogP contribution in [0.4, 0.5) is 5.69 Å². The molecule has 3 N–H and O–H groups in total. The van der Waals surface area contributed by atoms with Gasteiger partial charge in [0, 0.05) is 5.02 Å². The molecule has 0 saturated heterocycles. The molecule has 2 amide bonds. The largest absolute Gasteiger partial charge is 0.484 e. The zero-order valence-corrected chi connectivity index (χ0v) is 21.2. The second-order valence-corrected chi connectivity index (χ2v) is 10.1. The molecule has 11 heteroatoms. The van der Waals surface area contributed by atoms with Crippen molar-refractivity contribution in [1.82, 2.24) is 5.43 Å². The summed E-state index contributed by atoms with van der Waals surface area (Å²) in [7, 11) is -4.07. The number of rotatable bonds is 10. The number of benzene rings is 3. The molecule has 0 spiro atoms. The number of carbonyl (C=O) groups is 2. The van der Waals surface area contributed by atoms with Gasteiger partial charge in [-0.2, -0.15) is 5.10 Å². The van der Waals surface area contributed by atoms with E-state index in [1.165, 1.54) is 24.4 Å². The highest BCUT2D eigenvalue weighted by atomic mass is 35.5. The summed E-state index contributed by atoms with van der Waals surface area (Å²) in [6.45, 7) is 2.88. The van der Waals surface area contributed by atoms with Crippen molar-refractivity contribution in [2.45, 2.75) is 18.7 Å². The molecule has 0 aliphatic heterocycles. The van der Waals surface area contributed by atoms with Crippen LogP contribution in [0, 0.1) is 13.8 Å². The van der Waals surface area contributed by atoms with Crippen LogP contribution >= 0.6 is 11.6 Å². The summed E-state index contributed by atoms with van der Waals surface area (Å²) in [4.78, 5) is 23.5. The quantitative estimate of drug-likeness (QED) is 0.308. The van der Waals surface area contributed by atoms with Crippen LogP contribution in [-0.2, 0) is 19.6 Å². The number of nitrogens with two attached hydrogens (primary N) is 1. The summed E-state index contributed by atoms with van der Waals surface area (Å²) in [5, 5.41) is 4.28. The number of nitrogens with zero attached hydrogens (tertiary/aromatic N) is 2. The summed E-state index contributed by atoms with van der Waals surface area (Å²) >= 11 is 6.23. The molecule has 0 aliphatic rings. The van der Waals surface area contributed by atoms with Crippen LogP contribution in [0.5, 0.6) is 5.75 Å². The first-order valence-corrected chi connectivity index (χ1v) is 12.6. The number of hydrogen-bond acceptors (Lipinski definition) is 6. The van der Waals surface area contributed by atoms with Gasteiger partial charge < -0.3 is 10.5 Å². The molecule has 0 heterocycles. The predicted octanol–water partition coefficient (Wildman–Crippen LogP) is 3.17. The number of hydrazone groups is 1. The Balaban J connectivity index is 1.76. The summed E-state index contributed by atoms with van der Waals surface area (Å²) in [6, 6.07) is 17.7. The van der Waals surface area contributed by atoms with Gasteiger partial charge in [0.1, 0.15) is 12.3 Å². The number of halogens is 1. The number of hydrogen-bond donors (Lipinski definition) is 2. The highest BCUT2D eigenvalue weighted by Crippen LogP contribution is 2.28. The average molecular weight is 529 g/mol. The second-order valence-electron chi connectivity index (χ2n) is 7.88. The van der Waals surface area contributed by atoms with Gasteiger partial charge >= 0.3 is 0 Å². The Labute approximate surface area is 214 Å². The highest BCUT2D eigenvalue weighted by molar-refractivity contribution is 7.92. The molecule has 0 saturated carbocycles. The van der Waals surface area contributed by atoms with E-state index in [9.17, 15) is 18.0 Å². The average Bonchev–Trinajstić information content (AvgIpc) is 2.84. The Kier molecular flexibility index (Phi) is 8.68. The van der Waals surface area contributed by atoms with Crippen molar-refractivity contribution in [2.75, 3.05) is 17.5 Å². The standard InChI is InChI=1S/C25H25ClN4O5S/c1-17-3-11-22(12-4-17)36(33,34)30(20-8-5-18(2)23(26)13-20)15-25(32)29-28-14-19-6-9-21(10-7-19)35-16-24(27)31/h3-14H,15-16H2,1-2H3,(H2,27,31)(H,29,32)/b28-14-. The van der Waals surface area contributed by atoms with Crippen LogP contribution in [0.2, 0.25) is 5.02 Å². The second kappa shape index (κ2) is 11.7. The number of amides is 2. The van der Waals surface area contributed by atoms with E-state index >= 15 is 0 Å². The molecular weight excluding hydrogens is 504 g/mol. The zero-order valence-electron chi connectivity index (χ0n) is 19.6. The fourth-order valence-electron chi connectivity index (χ4n) is 3.04. The van der Waals surface area contributed by atoms with Crippen LogP contribution in [0.3, 0.4) is 0 Å². The Hall–Kier alpha value is -3.89. The molecule has 0 bridgehead atoms. The van der Waals surface area contributed by atoms with E-state index in [1.807, 2.05) is 6.92 Å². The van der Waals surface area contributed by atoms with Crippen molar-refractivity contribution in [3.8, 4) is 5.75 Å². The summed E-state index contributed by atoms with van der Waals surface area (Å²) < 4.78 is 33.0. The molecule has 0 atom stereocenters. The van der Waals surface area contributed by atoms with Gasteiger partial charge in [-0.05, 0) is 73.5 Å². The van der Waals surface area contributed by atoms with E-state index in [2.05, 4.69) is 10.5 Å². The fraction of sp³-hybridized carbons (Fsp3) is 0.160. The van der Waals surface area contributed by atoms with E-state index in [1.54, 1.807) is 55.5 Å². The monoisotopic (exact) mass is 528 g/mol. The minimum atomic E-state index is -4.07. The maximum absolute atomic E-state index is 13.4. The van der Waals surface area contributed by atoms with Crippen LogP contribution in [-0.4, -0.2) is 39.6 Å². The van der Waals surface area contributed by atoms with Gasteiger partial charge in [0.05, 0.1) is 16.8 Å². The predicted molar refractivity (Wildman–Crippen MR) is 139 cm³/mol. The lowest BCUT2D eigenvalue weighted by atomic mass is 10.2. The van der Waals surface area contributed by atoms with Crippen LogP contribution < -0.4 is 20.2 Å². The van der Waals surface area contributed by atoms with Crippen molar-refractivity contribution in [2.24, 2.45) is 10.8 Å². The van der Waals surface area contributed by atoms with E-state index in [0.717, 1.165) is 15.4 Å². The Bertz CT molecular complexity index is 1370. The zero-order chi connectivity index (χ0) is 26.3. The molecule has 3 aromatic rings.